The molecule has 0 spiro atoms. The fourth-order valence-electron chi connectivity index (χ4n) is 6.00. The third-order valence-corrected chi connectivity index (χ3v) is 8.86. The fourth-order valence-corrected chi connectivity index (χ4v) is 7.29. The highest BCUT2D eigenvalue weighted by molar-refractivity contribution is 7.15. The van der Waals surface area contributed by atoms with E-state index in [1.54, 1.807) is 11.3 Å². The number of nitrogens with zero attached hydrogens (tertiary/aromatic N) is 2. The second kappa shape index (κ2) is 9.56. The van der Waals surface area contributed by atoms with E-state index in [2.05, 4.69) is 26.1 Å². The predicted molar refractivity (Wildman–Crippen MR) is 125 cm³/mol. The highest BCUT2D eigenvalue weighted by Gasteiger charge is 2.54. The SMILES string of the molecule is CCCCNc1nc2c(s1)C[C@]1(C)CC[C@H]([C@H](C)C(=O)N(CC)CC)[C@H](O)[C@H]1[C@@H]2C. The minimum absolute atomic E-state index is 0.0287. The Labute approximate surface area is 186 Å². The van der Waals surface area contributed by atoms with Crippen LogP contribution in [-0.2, 0) is 11.2 Å². The van der Waals surface area contributed by atoms with Crippen molar-refractivity contribution >= 4 is 22.4 Å². The lowest BCUT2D eigenvalue weighted by molar-refractivity contribution is -0.144. The molecule has 2 N–H and O–H groups in total. The maximum atomic E-state index is 13.0. The summed E-state index contributed by atoms with van der Waals surface area (Å²) in [6.07, 6.45) is 4.85. The minimum atomic E-state index is -0.459. The summed E-state index contributed by atoms with van der Waals surface area (Å²) >= 11 is 1.80. The molecule has 0 aromatic carbocycles. The number of hydrogen-bond acceptors (Lipinski definition) is 5. The molecule has 0 unspecified atom stereocenters. The van der Waals surface area contributed by atoms with Gasteiger partial charge < -0.3 is 15.3 Å². The highest BCUT2D eigenvalue weighted by atomic mass is 32.1. The van der Waals surface area contributed by atoms with Gasteiger partial charge in [0.1, 0.15) is 0 Å². The van der Waals surface area contributed by atoms with Crippen molar-refractivity contribution in [2.45, 2.75) is 85.7 Å². The quantitative estimate of drug-likeness (QED) is 0.569. The molecule has 0 aliphatic heterocycles. The molecule has 0 saturated heterocycles. The Bertz CT molecular complexity index is 732. The number of thiazole rings is 1. The second-order valence-electron chi connectivity index (χ2n) is 9.75. The van der Waals surface area contributed by atoms with Gasteiger partial charge in [0.25, 0.3) is 0 Å². The van der Waals surface area contributed by atoms with Gasteiger partial charge in [0.05, 0.1) is 11.8 Å². The van der Waals surface area contributed by atoms with Crippen LogP contribution in [0.2, 0.25) is 0 Å². The molecule has 6 atom stereocenters. The molecule has 3 rings (SSSR count). The first-order valence-corrected chi connectivity index (χ1v) is 12.8. The molecule has 1 amide bonds. The molecular formula is C24H41N3O2S. The molecule has 0 radical (unpaired) electrons. The highest BCUT2D eigenvalue weighted by Crippen LogP contribution is 2.57. The Hall–Kier alpha value is -1.14. The number of amides is 1. The zero-order valence-corrected chi connectivity index (χ0v) is 20.5. The Balaban J connectivity index is 1.81. The molecule has 5 nitrogen and oxygen atoms in total. The molecule has 1 aromatic heterocycles. The van der Waals surface area contributed by atoms with Crippen LogP contribution >= 0.6 is 11.3 Å². The minimum Gasteiger partial charge on any atom is -0.392 e. The number of anilines is 1. The van der Waals surface area contributed by atoms with Crippen LogP contribution in [0.1, 0.15) is 83.7 Å². The molecule has 2 aliphatic carbocycles. The molecular weight excluding hydrogens is 394 g/mol. The topological polar surface area (TPSA) is 65.5 Å². The number of aliphatic hydroxyl groups is 1. The number of carbonyl (C=O) groups is 1. The van der Waals surface area contributed by atoms with Crippen molar-refractivity contribution in [1.82, 2.24) is 9.88 Å². The molecule has 1 heterocycles. The van der Waals surface area contributed by atoms with E-state index in [9.17, 15) is 9.90 Å². The predicted octanol–water partition coefficient (Wildman–Crippen LogP) is 4.91. The lowest BCUT2D eigenvalue weighted by Gasteiger charge is -2.53. The Morgan fingerprint density at radius 2 is 2.07 bits per heavy atom. The zero-order valence-electron chi connectivity index (χ0n) is 19.7. The fraction of sp³-hybridized carbons (Fsp3) is 0.833. The van der Waals surface area contributed by atoms with E-state index in [-0.39, 0.29) is 35.0 Å². The van der Waals surface area contributed by atoms with Crippen LogP contribution in [0.25, 0.3) is 0 Å². The van der Waals surface area contributed by atoms with Gasteiger partial charge in [-0.3, -0.25) is 4.79 Å². The lowest BCUT2D eigenvalue weighted by Crippen LogP contribution is -2.53. The summed E-state index contributed by atoms with van der Waals surface area (Å²) in [4.78, 5) is 21.2. The summed E-state index contributed by atoms with van der Waals surface area (Å²) in [7, 11) is 0. The number of aromatic nitrogens is 1. The van der Waals surface area contributed by atoms with E-state index in [1.165, 1.54) is 17.0 Å². The van der Waals surface area contributed by atoms with Crippen molar-refractivity contribution < 1.29 is 9.90 Å². The van der Waals surface area contributed by atoms with Crippen molar-refractivity contribution in [3.8, 4) is 0 Å². The molecule has 2 aliphatic rings. The first-order chi connectivity index (χ1) is 14.3. The average molecular weight is 436 g/mol. The van der Waals surface area contributed by atoms with Crippen LogP contribution in [0.4, 0.5) is 5.13 Å². The molecule has 1 saturated carbocycles. The van der Waals surface area contributed by atoms with Gasteiger partial charge in [-0.1, -0.05) is 34.1 Å². The molecule has 170 valence electrons. The van der Waals surface area contributed by atoms with Crippen LogP contribution in [0.5, 0.6) is 0 Å². The van der Waals surface area contributed by atoms with E-state index < -0.39 is 6.10 Å². The number of fused-ring (bicyclic) bond motifs is 2. The number of rotatable bonds is 8. The van der Waals surface area contributed by atoms with Crippen LogP contribution in [0.15, 0.2) is 0 Å². The first-order valence-electron chi connectivity index (χ1n) is 12.0. The molecule has 6 heteroatoms. The van der Waals surface area contributed by atoms with E-state index >= 15 is 0 Å². The number of hydrogen-bond donors (Lipinski definition) is 2. The molecule has 1 fully saturated rings. The smallest absolute Gasteiger partial charge is 0.225 e. The third kappa shape index (κ3) is 4.27. The van der Waals surface area contributed by atoms with E-state index in [0.29, 0.717) is 0 Å². The van der Waals surface area contributed by atoms with Gasteiger partial charge >= 0.3 is 0 Å². The van der Waals surface area contributed by atoms with Gasteiger partial charge in [-0.15, -0.1) is 11.3 Å². The Morgan fingerprint density at radius 3 is 2.70 bits per heavy atom. The van der Waals surface area contributed by atoms with Crippen molar-refractivity contribution in [1.29, 1.82) is 0 Å². The average Bonchev–Trinajstić information content (AvgIpc) is 3.11. The molecule has 0 bridgehead atoms. The monoisotopic (exact) mass is 435 g/mol. The summed E-state index contributed by atoms with van der Waals surface area (Å²) in [5.41, 5.74) is 1.25. The Morgan fingerprint density at radius 1 is 1.37 bits per heavy atom. The third-order valence-electron chi connectivity index (χ3n) is 7.84. The number of carbonyl (C=O) groups excluding carboxylic acids is 1. The van der Waals surface area contributed by atoms with Crippen molar-refractivity contribution in [3.05, 3.63) is 10.6 Å². The van der Waals surface area contributed by atoms with Crippen molar-refractivity contribution in [2.24, 2.45) is 23.2 Å². The van der Waals surface area contributed by atoms with Gasteiger partial charge in [0, 0.05) is 36.3 Å². The summed E-state index contributed by atoms with van der Waals surface area (Å²) < 4.78 is 0. The first kappa shape index (κ1) is 23.5. The maximum Gasteiger partial charge on any atom is 0.225 e. The van der Waals surface area contributed by atoms with E-state index in [1.807, 2.05) is 25.7 Å². The normalized spacial score (nSPS) is 31.6. The number of nitrogens with one attached hydrogen (secondary N) is 1. The summed E-state index contributed by atoms with van der Waals surface area (Å²) in [6.45, 7) is 15.3. The summed E-state index contributed by atoms with van der Waals surface area (Å²) in [5, 5.41) is 16.1. The van der Waals surface area contributed by atoms with Gasteiger partial charge in [-0.25, -0.2) is 4.98 Å². The number of aliphatic hydroxyl groups excluding tert-OH is 1. The number of unbranched alkanes of at least 4 members (excludes halogenated alkanes) is 1. The molecule has 30 heavy (non-hydrogen) atoms. The van der Waals surface area contributed by atoms with Crippen molar-refractivity contribution in [2.75, 3.05) is 25.0 Å². The van der Waals surface area contributed by atoms with Gasteiger partial charge in [0.2, 0.25) is 5.91 Å². The van der Waals surface area contributed by atoms with Crippen LogP contribution in [-0.4, -0.2) is 46.6 Å². The van der Waals surface area contributed by atoms with Gasteiger partial charge in [-0.2, -0.15) is 0 Å². The second-order valence-corrected chi connectivity index (χ2v) is 10.8. The van der Waals surface area contributed by atoms with E-state index in [0.717, 1.165) is 50.4 Å². The van der Waals surface area contributed by atoms with Crippen LogP contribution in [0.3, 0.4) is 0 Å². The van der Waals surface area contributed by atoms with Crippen LogP contribution in [0, 0.1) is 23.2 Å². The Kier molecular flexibility index (Phi) is 7.49. The summed E-state index contributed by atoms with van der Waals surface area (Å²) in [5.74, 6) is 0.445. The standard InChI is InChI=1S/C24H41N3O2S/c1-7-10-13-25-23-26-20-16(5)19-21(28)17(15(4)22(29)27(8-2)9-3)11-12-24(19,6)14-18(20)30-23/h15-17,19,21,28H,7-14H2,1-6H3,(H,25,26)/t15-,16-,17+,19+,21-,24-/m0/s1. The zero-order chi connectivity index (χ0) is 22.1. The van der Waals surface area contributed by atoms with Gasteiger partial charge in [0.15, 0.2) is 5.13 Å². The van der Waals surface area contributed by atoms with Gasteiger partial charge in [-0.05, 0) is 56.8 Å². The van der Waals surface area contributed by atoms with E-state index in [4.69, 9.17) is 4.98 Å². The largest absolute Gasteiger partial charge is 0.392 e. The maximum absolute atomic E-state index is 13.0. The van der Waals surface area contributed by atoms with Crippen LogP contribution < -0.4 is 5.32 Å². The molecule has 1 aromatic rings. The lowest BCUT2D eigenvalue weighted by atomic mass is 9.53. The summed E-state index contributed by atoms with van der Waals surface area (Å²) in [6, 6.07) is 0. The van der Waals surface area contributed by atoms with Crippen molar-refractivity contribution in [3.63, 3.8) is 0 Å².